The van der Waals surface area contributed by atoms with Crippen LogP contribution in [-0.4, -0.2) is 92.9 Å². The third kappa shape index (κ3) is 16.7. The highest BCUT2D eigenvalue weighted by Gasteiger charge is 2.53. The minimum Gasteiger partial charge on any atom is -0.460 e. The third-order valence-corrected chi connectivity index (χ3v) is 20.3. The Morgan fingerprint density at radius 2 is 0.959 bits per heavy atom. The number of phosphoric acid groups is 1. The van der Waals surface area contributed by atoms with E-state index < -0.39 is 95.2 Å². The lowest BCUT2D eigenvalue weighted by Gasteiger charge is -2.48. The van der Waals surface area contributed by atoms with Gasteiger partial charge in [-0.2, -0.15) is 0 Å². The molecule has 0 heterocycles. The molecule has 0 radical (unpaired) electrons. The molecule has 3 N–H and O–H groups in total. The number of carbonyl (C=O) groups is 3. The van der Waals surface area contributed by atoms with Crippen LogP contribution in [0.1, 0.15) is 83.6 Å². The molecule has 0 spiro atoms. The number of ether oxygens (including phenoxy) is 5. The van der Waals surface area contributed by atoms with Crippen molar-refractivity contribution in [1.82, 2.24) is 10.6 Å². The van der Waals surface area contributed by atoms with Crippen LogP contribution < -0.4 is 10.6 Å². The fourth-order valence-corrected chi connectivity index (χ4v) is 13.0. The van der Waals surface area contributed by atoms with Gasteiger partial charge in [0.2, 0.25) is 11.8 Å². The summed E-state index contributed by atoms with van der Waals surface area (Å²) < 4.78 is 66.8. The molecule has 4 aromatic rings. The standard InChI is InChI=1S/C56H77N2O13PSi/c1-38(2)56(6,7)73(8,9)69-37-47-31-49(51(58-40(4)60)55(67-35-45-28-20-13-21-29-45)53(47)65-33-43-24-16-11-17-25-43)71-72(62,63)68-36-46-30-48(70-41(5)61)50(57-39(3)59)54(66-34-44-26-18-12-19-27-44)52(46)64-32-42-22-14-10-15-23-42/h10-29,38,46-55H,30-37H2,1-9H3,(H,57,59)(H,58,60)(H,62,63)/t46-,47-,48+,49+,50-,51-,52-,53-,54-,55-/m1/s1. The number of carbonyl (C=O) groups excluding carboxylic acids is 3. The van der Waals surface area contributed by atoms with Crippen LogP contribution >= 0.6 is 7.82 Å². The first-order chi connectivity index (χ1) is 34.7. The molecule has 0 aromatic heterocycles. The molecule has 73 heavy (non-hydrogen) atoms. The SMILES string of the molecule is CC(=O)N[C@H]1[C@@H](OCc2ccccc2)[C@H](OCc2ccccc2)[C@@H](COP(=O)(O)O[C@H]2C[C@H](CO[Si](C)(C)C(C)(C)C(C)C)[C@@H](OCc3ccccc3)[C@H](OCc3ccccc3)[C@@H]2NC(C)=O)C[C@@H]1OC(C)=O. The van der Waals surface area contributed by atoms with E-state index in [1.54, 1.807) is 0 Å². The van der Waals surface area contributed by atoms with Gasteiger partial charge in [0.15, 0.2) is 8.32 Å². The molecular weight excluding hydrogens is 968 g/mol. The van der Waals surface area contributed by atoms with E-state index in [-0.39, 0.29) is 56.8 Å². The fraction of sp³-hybridized carbons (Fsp3) is 0.518. The van der Waals surface area contributed by atoms with Gasteiger partial charge in [0, 0.05) is 39.2 Å². The van der Waals surface area contributed by atoms with E-state index in [0.717, 1.165) is 22.3 Å². The maximum atomic E-state index is 14.7. The second-order valence-electron chi connectivity index (χ2n) is 20.7. The van der Waals surface area contributed by atoms with Crippen LogP contribution in [0.15, 0.2) is 121 Å². The predicted molar refractivity (Wildman–Crippen MR) is 280 cm³/mol. The molecule has 17 heteroatoms. The number of phosphoric ester groups is 1. The van der Waals surface area contributed by atoms with Gasteiger partial charge in [-0.25, -0.2) is 4.57 Å². The fourth-order valence-electron chi connectivity index (χ4n) is 9.63. The van der Waals surface area contributed by atoms with Crippen LogP contribution in [0.3, 0.4) is 0 Å². The van der Waals surface area contributed by atoms with E-state index in [2.05, 4.69) is 51.4 Å². The van der Waals surface area contributed by atoms with Gasteiger partial charge in [0.05, 0.1) is 63.4 Å². The lowest BCUT2D eigenvalue weighted by atomic mass is 9.79. The van der Waals surface area contributed by atoms with Crippen LogP contribution in [0.2, 0.25) is 18.1 Å². The highest BCUT2D eigenvalue weighted by molar-refractivity contribution is 7.47. The van der Waals surface area contributed by atoms with Crippen molar-refractivity contribution in [2.45, 2.75) is 155 Å². The van der Waals surface area contributed by atoms with Crippen LogP contribution in [0, 0.1) is 17.8 Å². The average molecular weight is 1050 g/mol. The molecule has 11 atom stereocenters. The number of rotatable bonds is 25. The Hall–Kier alpha value is -4.58. The first-order valence-corrected chi connectivity index (χ1v) is 29.8. The molecule has 0 bridgehead atoms. The topological polar surface area (TPSA) is 186 Å². The molecule has 2 aliphatic rings. The third-order valence-electron chi connectivity index (χ3n) is 14.7. The summed E-state index contributed by atoms with van der Waals surface area (Å²) in [6, 6.07) is 36.5. The van der Waals surface area contributed by atoms with Gasteiger partial charge in [0.25, 0.3) is 0 Å². The summed E-state index contributed by atoms with van der Waals surface area (Å²) in [5.74, 6) is -2.23. The van der Waals surface area contributed by atoms with Gasteiger partial charge in [-0.3, -0.25) is 23.4 Å². The van der Waals surface area contributed by atoms with Gasteiger partial charge in [-0.05, 0) is 59.1 Å². The predicted octanol–water partition coefficient (Wildman–Crippen LogP) is 9.47. The molecule has 398 valence electrons. The van der Waals surface area contributed by atoms with E-state index >= 15 is 0 Å². The smallest absolute Gasteiger partial charge is 0.460 e. The Morgan fingerprint density at radius 3 is 1.33 bits per heavy atom. The van der Waals surface area contributed by atoms with Crippen LogP contribution in [-0.2, 0) is 82.5 Å². The van der Waals surface area contributed by atoms with Crippen molar-refractivity contribution < 1.29 is 61.0 Å². The summed E-state index contributed by atoms with van der Waals surface area (Å²) in [4.78, 5) is 50.6. The summed E-state index contributed by atoms with van der Waals surface area (Å²) in [5.41, 5.74) is 3.51. The largest absolute Gasteiger partial charge is 0.472 e. The number of hydrogen-bond donors (Lipinski definition) is 3. The van der Waals surface area contributed by atoms with E-state index in [9.17, 15) is 23.8 Å². The number of esters is 1. The Morgan fingerprint density at radius 1 is 0.603 bits per heavy atom. The summed E-state index contributed by atoms with van der Waals surface area (Å²) in [6.45, 7) is 17.7. The van der Waals surface area contributed by atoms with Gasteiger partial charge in [0.1, 0.15) is 18.3 Å². The molecule has 1 unspecified atom stereocenters. The van der Waals surface area contributed by atoms with Crippen molar-refractivity contribution >= 4 is 33.9 Å². The molecule has 2 saturated carbocycles. The van der Waals surface area contributed by atoms with Gasteiger partial charge >= 0.3 is 13.8 Å². The molecule has 4 aromatic carbocycles. The first-order valence-electron chi connectivity index (χ1n) is 25.4. The highest BCUT2D eigenvalue weighted by atomic mass is 31.2. The van der Waals surface area contributed by atoms with Crippen molar-refractivity contribution in [2.75, 3.05) is 13.2 Å². The maximum absolute atomic E-state index is 14.7. The monoisotopic (exact) mass is 1040 g/mol. The molecule has 6 rings (SSSR count). The van der Waals surface area contributed by atoms with Crippen LogP contribution in [0.5, 0.6) is 0 Å². The Labute approximate surface area is 433 Å². The lowest BCUT2D eigenvalue weighted by molar-refractivity contribution is -0.187. The van der Waals surface area contributed by atoms with Crippen molar-refractivity contribution in [2.24, 2.45) is 17.8 Å². The minimum absolute atomic E-state index is 0.0643. The first kappa shape index (κ1) is 57.7. The summed E-state index contributed by atoms with van der Waals surface area (Å²) in [7, 11) is -7.48. The zero-order valence-corrected chi connectivity index (χ0v) is 45.7. The van der Waals surface area contributed by atoms with Crippen molar-refractivity contribution in [1.29, 1.82) is 0 Å². The van der Waals surface area contributed by atoms with E-state index in [0.29, 0.717) is 5.92 Å². The second kappa shape index (κ2) is 26.8. The highest BCUT2D eigenvalue weighted by Crippen LogP contribution is 2.50. The molecule has 2 fully saturated rings. The quantitative estimate of drug-likeness (QED) is 0.0324. The second-order valence-corrected chi connectivity index (χ2v) is 26.7. The van der Waals surface area contributed by atoms with Crippen LogP contribution in [0.25, 0.3) is 0 Å². The average Bonchev–Trinajstić information content (AvgIpc) is 3.35. The van der Waals surface area contributed by atoms with E-state index in [4.69, 9.17) is 37.2 Å². The van der Waals surface area contributed by atoms with Crippen LogP contribution in [0.4, 0.5) is 0 Å². The molecule has 0 saturated heterocycles. The zero-order valence-electron chi connectivity index (χ0n) is 43.8. The summed E-state index contributed by atoms with van der Waals surface area (Å²) in [5, 5.41) is 5.84. The number of hydrogen-bond acceptors (Lipinski definition) is 12. The minimum atomic E-state index is -5.04. The Bertz CT molecular complexity index is 2380. The summed E-state index contributed by atoms with van der Waals surface area (Å²) >= 11 is 0. The van der Waals surface area contributed by atoms with Crippen molar-refractivity contribution in [3.63, 3.8) is 0 Å². The normalized spacial score (nSPS) is 25.4. The zero-order chi connectivity index (χ0) is 52.8. The summed E-state index contributed by atoms with van der Waals surface area (Å²) in [6.07, 6.45) is -5.22. The molecule has 2 amide bonds. The molecule has 15 nitrogen and oxygen atoms in total. The van der Waals surface area contributed by atoms with E-state index in [1.807, 2.05) is 121 Å². The van der Waals surface area contributed by atoms with Gasteiger partial charge < -0.3 is 43.6 Å². The van der Waals surface area contributed by atoms with Crippen molar-refractivity contribution in [3.8, 4) is 0 Å². The maximum Gasteiger partial charge on any atom is 0.472 e. The van der Waals surface area contributed by atoms with Crippen molar-refractivity contribution in [3.05, 3.63) is 144 Å². The number of benzene rings is 4. The van der Waals surface area contributed by atoms with E-state index in [1.165, 1.54) is 20.8 Å². The van der Waals surface area contributed by atoms with Gasteiger partial charge in [-0.1, -0.05) is 149 Å². The Balaban J connectivity index is 1.34. The Kier molecular flexibility index (Phi) is 21.1. The number of nitrogens with one attached hydrogen (secondary N) is 2. The molecular formula is C56H77N2O13PSi. The molecule has 0 aliphatic heterocycles. The number of amides is 2. The van der Waals surface area contributed by atoms with Gasteiger partial charge in [-0.15, -0.1) is 0 Å². The molecule has 2 aliphatic carbocycles. The lowest BCUT2D eigenvalue weighted by Crippen LogP contribution is -2.63.